The number of fused-ring (bicyclic) bond motifs is 1. The number of hydrogen-bond donors (Lipinski definition) is 2. The van der Waals surface area contributed by atoms with Gasteiger partial charge >= 0.3 is 0 Å². The highest BCUT2D eigenvalue weighted by molar-refractivity contribution is 5.73. The second kappa shape index (κ2) is 4.94. The molecule has 1 aromatic heterocycles. The van der Waals surface area contributed by atoms with Crippen LogP contribution >= 0.6 is 0 Å². The van der Waals surface area contributed by atoms with Crippen molar-refractivity contribution in [1.82, 2.24) is 10.3 Å². The highest BCUT2D eigenvalue weighted by atomic mass is 16.3. The van der Waals surface area contributed by atoms with Crippen LogP contribution in [0, 0.1) is 0 Å². The van der Waals surface area contributed by atoms with E-state index in [1.807, 2.05) is 6.07 Å². The molecule has 2 aromatic rings. The standard InChI is InChI=1S/C15H23N3O/c1-14(2,9-18-15(3,4)8-16)11-5-6-12-13(7-11)19-10-17-12/h5-7,10,18H,8-9,16H2,1-4H3. The van der Waals surface area contributed by atoms with Crippen LogP contribution in [-0.4, -0.2) is 23.6 Å². The molecule has 0 amide bonds. The van der Waals surface area contributed by atoms with E-state index in [4.69, 9.17) is 10.2 Å². The number of nitrogens with one attached hydrogen (secondary N) is 1. The van der Waals surface area contributed by atoms with Gasteiger partial charge in [0, 0.05) is 24.0 Å². The molecule has 4 nitrogen and oxygen atoms in total. The third-order valence-electron chi connectivity index (χ3n) is 3.63. The van der Waals surface area contributed by atoms with Gasteiger partial charge in [0.25, 0.3) is 0 Å². The van der Waals surface area contributed by atoms with Gasteiger partial charge in [-0.25, -0.2) is 4.98 Å². The SMILES string of the molecule is CC(C)(CN)NCC(C)(C)c1ccc2ncoc2c1. The maximum Gasteiger partial charge on any atom is 0.181 e. The topological polar surface area (TPSA) is 64.1 Å². The fourth-order valence-corrected chi connectivity index (χ4v) is 1.91. The first-order chi connectivity index (χ1) is 8.84. The first-order valence-corrected chi connectivity index (χ1v) is 6.63. The molecule has 2 rings (SSSR count). The van der Waals surface area contributed by atoms with Gasteiger partial charge in [0.05, 0.1) is 0 Å². The van der Waals surface area contributed by atoms with E-state index in [2.05, 4.69) is 50.1 Å². The van der Waals surface area contributed by atoms with Gasteiger partial charge in [0.1, 0.15) is 5.52 Å². The van der Waals surface area contributed by atoms with Crippen molar-refractivity contribution < 1.29 is 4.42 Å². The summed E-state index contributed by atoms with van der Waals surface area (Å²) in [6, 6.07) is 6.19. The highest BCUT2D eigenvalue weighted by Gasteiger charge is 2.25. The largest absolute Gasteiger partial charge is 0.443 e. The number of oxazole rings is 1. The quantitative estimate of drug-likeness (QED) is 0.867. The molecule has 1 aromatic carbocycles. The number of hydrogen-bond acceptors (Lipinski definition) is 4. The number of nitrogens with two attached hydrogens (primary N) is 1. The zero-order valence-corrected chi connectivity index (χ0v) is 12.2. The lowest BCUT2D eigenvalue weighted by Gasteiger charge is -2.32. The normalized spacial score (nSPS) is 13.1. The molecule has 0 aliphatic carbocycles. The predicted molar refractivity (Wildman–Crippen MR) is 78.2 cm³/mol. The van der Waals surface area contributed by atoms with Gasteiger partial charge in [-0.1, -0.05) is 19.9 Å². The van der Waals surface area contributed by atoms with Crippen LogP contribution in [0.2, 0.25) is 0 Å². The Morgan fingerprint density at radius 3 is 2.68 bits per heavy atom. The van der Waals surface area contributed by atoms with Gasteiger partial charge in [-0.2, -0.15) is 0 Å². The summed E-state index contributed by atoms with van der Waals surface area (Å²) in [5.74, 6) is 0. The summed E-state index contributed by atoms with van der Waals surface area (Å²) < 4.78 is 5.37. The predicted octanol–water partition coefficient (Wildman–Crippen LogP) is 2.43. The Morgan fingerprint density at radius 2 is 2.00 bits per heavy atom. The van der Waals surface area contributed by atoms with Gasteiger partial charge in [0.2, 0.25) is 0 Å². The van der Waals surface area contributed by atoms with Crippen molar-refractivity contribution in [2.45, 2.75) is 38.6 Å². The molecule has 0 unspecified atom stereocenters. The molecule has 0 atom stereocenters. The monoisotopic (exact) mass is 261 g/mol. The third kappa shape index (κ3) is 3.14. The van der Waals surface area contributed by atoms with Crippen molar-refractivity contribution in [3.63, 3.8) is 0 Å². The van der Waals surface area contributed by atoms with E-state index in [1.54, 1.807) is 0 Å². The van der Waals surface area contributed by atoms with E-state index >= 15 is 0 Å². The van der Waals surface area contributed by atoms with Crippen molar-refractivity contribution in [3.8, 4) is 0 Å². The van der Waals surface area contributed by atoms with Crippen LogP contribution in [0.5, 0.6) is 0 Å². The molecule has 104 valence electrons. The summed E-state index contributed by atoms with van der Waals surface area (Å²) >= 11 is 0. The lowest BCUT2D eigenvalue weighted by atomic mass is 9.83. The number of nitrogens with zero attached hydrogens (tertiary/aromatic N) is 1. The number of rotatable bonds is 5. The molecule has 4 heteroatoms. The van der Waals surface area contributed by atoms with Crippen LogP contribution in [0.3, 0.4) is 0 Å². The van der Waals surface area contributed by atoms with Gasteiger partial charge < -0.3 is 15.5 Å². The Labute approximate surface area is 114 Å². The molecule has 19 heavy (non-hydrogen) atoms. The number of benzene rings is 1. The van der Waals surface area contributed by atoms with Gasteiger partial charge in [-0.3, -0.25) is 0 Å². The maximum atomic E-state index is 5.75. The van der Waals surface area contributed by atoms with Crippen LogP contribution in [0.4, 0.5) is 0 Å². The summed E-state index contributed by atoms with van der Waals surface area (Å²) in [5.41, 5.74) is 8.68. The van der Waals surface area contributed by atoms with E-state index in [1.165, 1.54) is 12.0 Å². The van der Waals surface area contributed by atoms with E-state index in [0.29, 0.717) is 6.54 Å². The second-order valence-corrected chi connectivity index (χ2v) is 6.36. The van der Waals surface area contributed by atoms with E-state index in [-0.39, 0.29) is 11.0 Å². The first-order valence-electron chi connectivity index (χ1n) is 6.63. The minimum Gasteiger partial charge on any atom is -0.443 e. The lowest BCUT2D eigenvalue weighted by molar-refractivity contribution is 0.347. The van der Waals surface area contributed by atoms with E-state index < -0.39 is 0 Å². The molecule has 0 fully saturated rings. The summed E-state index contributed by atoms with van der Waals surface area (Å²) in [7, 11) is 0. The second-order valence-electron chi connectivity index (χ2n) is 6.36. The fourth-order valence-electron chi connectivity index (χ4n) is 1.91. The Balaban J connectivity index is 2.18. The smallest absolute Gasteiger partial charge is 0.181 e. The van der Waals surface area contributed by atoms with Gasteiger partial charge in [-0.05, 0) is 31.5 Å². The number of aromatic nitrogens is 1. The Morgan fingerprint density at radius 1 is 1.26 bits per heavy atom. The lowest BCUT2D eigenvalue weighted by Crippen LogP contribution is -2.50. The molecule has 0 saturated heterocycles. The van der Waals surface area contributed by atoms with Crippen molar-refractivity contribution in [1.29, 1.82) is 0 Å². The first kappa shape index (κ1) is 14.0. The Hall–Kier alpha value is -1.39. The summed E-state index contributed by atoms with van der Waals surface area (Å²) in [6.07, 6.45) is 1.48. The maximum absolute atomic E-state index is 5.75. The summed E-state index contributed by atoms with van der Waals surface area (Å²) in [5, 5.41) is 3.52. The summed E-state index contributed by atoms with van der Waals surface area (Å²) in [6.45, 7) is 10.1. The average molecular weight is 261 g/mol. The molecule has 0 saturated carbocycles. The Kier molecular flexibility index (Phi) is 3.65. The van der Waals surface area contributed by atoms with Crippen LogP contribution in [0.15, 0.2) is 29.0 Å². The van der Waals surface area contributed by atoms with E-state index in [0.717, 1.165) is 17.6 Å². The molecule has 0 spiro atoms. The van der Waals surface area contributed by atoms with Gasteiger partial charge in [-0.15, -0.1) is 0 Å². The fraction of sp³-hybridized carbons (Fsp3) is 0.533. The van der Waals surface area contributed by atoms with Crippen molar-refractivity contribution in [2.24, 2.45) is 5.73 Å². The van der Waals surface area contributed by atoms with Crippen LogP contribution in [0.1, 0.15) is 33.3 Å². The zero-order chi connectivity index (χ0) is 14.1. The molecular formula is C15H23N3O. The minimum atomic E-state index is -0.0480. The average Bonchev–Trinajstić information content (AvgIpc) is 2.84. The van der Waals surface area contributed by atoms with Crippen molar-refractivity contribution in [2.75, 3.05) is 13.1 Å². The zero-order valence-electron chi connectivity index (χ0n) is 12.2. The minimum absolute atomic E-state index is 0.00736. The highest BCUT2D eigenvalue weighted by Crippen LogP contribution is 2.26. The van der Waals surface area contributed by atoms with Gasteiger partial charge in [0.15, 0.2) is 12.0 Å². The third-order valence-corrected chi connectivity index (χ3v) is 3.63. The molecular weight excluding hydrogens is 238 g/mol. The summed E-state index contributed by atoms with van der Waals surface area (Å²) in [4.78, 5) is 4.14. The molecule has 0 aliphatic rings. The van der Waals surface area contributed by atoms with Crippen LogP contribution < -0.4 is 11.1 Å². The molecule has 0 bridgehead atoms. The molecule has 0 aliphatic heterocycles. The van der Waals surface area contributed by atoms with Crippen molar-refractivity contribution in [3.05, 3.63) is 30.2 Å². The molecule has 3 N–H and O–H groups in total. The van der Waals surface area contributed by atoms with Crippen LogP contribution in [-0.2, 0) is 5.41 Å². The molecule has 0 radical (unpaired) electrons. The Bertz CT molecular complexity index is 557. The van der Waals surface area contributed by atoms with E-state index in [9.17, 15) is 0 Å². The van der Waals surface area contributed by atoms with Crippen LogP contribution in [0.25, 0.3) is 11.1 Å². The molecule has 1 heterocycles. The van der Waals surface area contributed by atoms with Crippen molar-refractivity contribution >= 4 is 11.1 Å².